The van der Waals surface area contributed by atoms with Crippen LogP contribution in [0.2, 0.25) is 0 Å². The van der Waals surface area contributed by atoms with E-state index in [1.54, 1.807) is 12.1 Å². The molecule has 3 aromatic carbocycles. The Labute approximate surface area is 137 Å². The van der Waals surface area contributed by atoms with Gasteiger partial charge in [-0.15, -0.1) is 0 Å². The molecule has 3 aromatic rings. The Morgan fingerprint density at radius 1 is 0.696 bits per heavy atom. The molecule has 116 valence electrons. The fourth-order valence-electron chi connectivity index (χ4n) is 3.05. The highest BCUT2D eigenvalue weighted by molar-refractivity contribution is 5.25. The second-order valence-electron chi connectivity index (χ2n) is 5.97. The third-order valence-electron chi connectivity index (χ3n) is 4.27. The van der Waals surface area contributed by atoms with Gasteiger partial charge in [-0.05, 0) is 54.0 Å². The maximum absolute atomic E-state index is 13.5. The average molecular weight is 304 g/mol. The van der Waals surface area contributed by atoms with Gasteiger partial charge >= 0.3 is 0 Å². The van der Waals surface area contributed by atoms with E-state index in [1.807, 2.05) is 18.2 Å². The molecule has 0 saturated heterocycles. The SMILES string of the molecule is Fc1cccc(CC(CCc2ccccc2)c2ccccc2)c1. The lowest BCUT2D eigenvalue weighted by Crippen LogP contribution is -2.05. The lowest BCUT2D eigenvalue weighted by atomic mass is 9.87. The zero-order chi connectivity index (χ0) is 15.9. The van der Waals surface area contributed by atoms with Crippen LogP contribution in [0.4, 0.5) is 4.39 Å². The zero-order valence-corrected chi connectivity index (χ0v) is 13.2. The minimum Gasteiger partial charge on any atom is -0.207 e. The van der Waals surface area contributed by atoms with E-state index >= 15 is 0 Å². The Hall–Kier alpha value is -2.41. The fraction of sp³-hybridized carbons (Fsp3) is 0.182. The van der Waals surface area contributed by atoms with Crippen LogP contribution in [0.3, 0.4) is 0 Å². The van der Waals surface area contributed by atoms with Crippen molar-refractivity contribution in [1.29, 1.82) is 0 Å². The largest absolute Gasteiger partial charge is 0.207 e. The molecule has 0 aliphatic carbocycles. The Morgan fingerprint density at radius 3 is 2.04 bits per heavy atom. The molecule has 0 spiro atoms. The maximum Gasteiger partial charge on any atom is 0.123 e. The third kappa shape index (κ3) is 4.53. The minimum absolute atomic E-state index is 0.155. The van der Waals surface area contributed by atoms with Gasteiger partial charge in [0.15, 0.2) is 0 Å². The third-order valence-corrected chi connectivity index (χ3v) is 4.27. The highest BCUT2D eigenvalue weighted by atomic mass is 19.1. The molecule has 1 heteroatoms. The van der Waals surface area contributed by atoms with Gasteiger partial charge in [0.25, 0.3) is 0 Å². The van der Waals surface area contributed by atoms with Crippen molar-refractivity contribution in [3.05, 3.63) is 107 Å². The molecule has 0 fully saturated rings. The van der Waals surface area contributed by atoms with Crippen molar-refractivity contribution in [2.75, 3.05) is 0 Å². The molecule has 0 saturated carbocycles. The average Bonchev–Trinajstić information content (AvgIpc) is 2.60. The lowest BCUT2D eigenvalue weighted by molar-refractivity contribution is 0.605. The van der Waals surface area contributed by atoms with Crippen molar-refractivity contribution >= 4 is 0 Å². The molecule has 0 aromatic heterocycles. The summed E-state index contributed by atoms with van der Waals surface area (Å²) in [7, 11) is 0. The van der Waals surface area contributed by atoms with Gasteiger partial charge in [-0.3, -0.25) is 0 Å². The standard InChI is InChI=1S/C22H21F/c23-22-13-7-10-19(17-22)16-21(20-11-5-2-6-12-20)15-14-18-8-3-1-4-9-18/h1-13,17,21H,14-16H2. The number of halogens is 1. The summed E-state index contributed by atoms with van der Waals surface area (Å²) in [6, 6.07) is 28.1. The number of hydrogen-bond acceptors (Lipinski definition) is 0. The summed E-state index contributed by atoms with van der Waals surface area (Å²) in [6.45, 7) is 0. The molecule has 0 nitrogen and oxygen atoms in total. The van der Waals surface area contributed by atoms with Crippen LogP contribution in [0.5, 0.6) is 0 Å². The molecular formula is C22H21F. The number of aryl methyl sites for hydroxylation is 1. The molecule has 0 heterocycles. The van der Waals surface area contributed by atoms with Gasteiger partial charge in [-0.1, -0.05) is 72.8 Å². The number of hydrogen-bond donors (Lipinski definition) is 0. The van der Waals surface area contributed by atoms with Crippen LogP contribution < -0.4 is 0 Å². The van der Waals surface area contributed by atoms with E-state index in [1.165, 1.54) is 17.2 Å². The van der Waals surface area contributed by atoms with Crippen LogP contribution in [0.1, 0.15) is 29.0 Å². The molecule has 3 rings (SSSR count). The van der Waals surface area contributed by atoms with Gasteiger partial charge in [0, 0.05) is 0 Å². The normalized spacial score (nSPS) is 12.0. The smallest absolute Gasteiger partial charge is 0.123 e. The van der Waals surface area contributed by atoms with Gasteiger partial charge < -0.3 is 0 Å². The number of benzene rings is 3. The van der Waals surface area contributed by atoms with E-state index < -0.39 is 0 Å². The second-order valence-corrected chi connectivity index (χ2v) is 5.97. The Morgan fingerprint density at radius 2 is 1.35 bits per heavy atom. The van der Waals surface area contributed by atoms with Gasteiger partial charge in [-0.2, -0.15) is 0 Å². The van der Waals surface area contributed by atoms with Crippen LogP contribution in [0, 0.1) is 5.82 Å². The summed E-state index contributed by atoms with van der Waals surface area (Å²) < 4.78 is 13.5. The molecule has 0 bridgehead atoms. The van der Waals surface area contributed by atoms with Gasteiger partial charge in [0.2, 0.25) is 0 Å². The van der Waals surface area contributed by atoms with E-state index in [4.69, 9.17) is 0 Å². The predicted octanol–water partition coefficient (Wildman–Crippen LogP) is 5.78. The van der Waals surface area contributed by atoms with Crippen LogP contribution in [0.15, 0.2) is 84.9 Å². The van der Waals surface area contributed by atoms with E-state index in [-0.39, 0.29) is 5.82 Å². The highest BCUT2D eigenvalue weighted by Gasteiger charge is 2.13. The number of rotatable bonds is 6. The first kappa shape index (κ1) is 15.5. The zero-order valence-electron chi connectivity index (χ0n) is 13.2. The van der Waals surface area contributed by atoms with Crippen molar-refractivity contribution < 1.29 is 4.39 Å². The van der Waals surface area contributed by atoms with E-state index in [0.717, 1.165) is 24.8 Å². The van der Waals surface area contributed by atoms with Gasteiger partial charge in [-0.25, -0.2) is 4.39 Å². The molecule has 1 unspecified atom stereocenters. The molecule has 0 aliphatic rings. The molecule has 23 heavy (non-hydrogen) atoms. The van der Waals surface area contributed by atoms with Gasteiger partial charge in [0.1, 0.15) is 5.82 Å². The first-order valence-electron chi connectivity index (χ1n) is 8.14. The predicted molar refractivity (Wildman–Crippen MR) is 94.1 cm³/mol. The van der Waals surface area contributed by atoms with Crippen molar-refractivity contribution in [3.63, 3.8) is 0 Å². The highest BCUT2D eigenvalue weighted by Crippen LogP contribution is 2.26. The molecule has 0 amide bonds. The Bertz CT molecular complexity index is 719. The van der Waals surface area contributed by atoms with Crippen LogP contribution in [-0.4, -0.2) is 0 Å². The summed E-state index contributed by atoms with van der Waals surface area (Å²) in [5.41, 5.74) is 3.74. The summed E-state index contributed by atoms with van der Waals surface area (Å²) in [5.74, 6) is 0.246. The fourth-order valence-corrected chi connectivity index (χ4v) is 3.05. The second kappa shape index (κ2) is 7.73. The van der Waals surface area contributed by atoms with E-state index in [2.05, 4.69) is 48.5 Å². The van der Waals surface area contributed by atoms with Crippen molar-refractivity contribution in [1.82, 2.24) is 0 Å². The summed E-state index contributed by atoms with van der Waals surface area (Å²) >= 11 is 0. The van der Waals surface area contributed by atoms with E-state index in [0.29, 0.717) is 5.92 Å². The molecule has 0 N–H and O–H groups in total. The molecular weight excluding hydrogens is 283 g/mol. The maximum atomic E-state index is 13.5. The summed E-state index contributed by atoms with van der Waals surface area (Å²) in [6.07, 6.45) is 2.97. The van der Waals surface area contributed by atoms with Crippen molar-refractivity contribution in [3.8, 4) is 0 Å². The quantitative estimate of drug-likeness (QED) is 0.541. The first-order valence-corrected chi connectivity index (χ1v) is 8.14. The van der Waals surface area contributed by atoms with Crippen molar-refractivity contribution in [2.24, 2.45) is 0 Å². The van der Waals surface area contributed by atoms with Crippen LogP contribution in [0.25, 0.3) is 0 Å². The topological polar surface area (TPSA) is 0 Å². The summed E-state index contributed by atoms with van der Waals surface area (Å²) in [4.78, 5) is 0. The monoisotopic (exact) mass is 304 g/mol. The Kier molecular flexibility index (Phi) is 5.21. The van der Waals surface area contributed by atoms with Gasteiger partial charge in [0.05, 0.1) is 0 Å². The summed E-state index contributed by atoms with van der Waals surface area (Å²) in [5, 5.41) is 0. The van der Waals surface area contributed by atoms with E-state index in [9.17, 15) is 4.39 Å². The van der Waals surface area contributed by atoms with Crippen LogP contribution >= 0.6 is 0 Å². The Balaban J connectivity index is 1.76. The molecule has 0 radical (unpaired) electrons. The molecule has 0 aliphatic heterocycles. The van der Waals surface area contributed by atoms with Crippen LogP contribution in [-0.2, 0) is 12.8 Å². The first-order chi connectivity index (χ1) is 11.3. The lowest BCUT2D eigenvalue weighted by Gasteiger charge is -2.18. The van der Waals surface area contributed by atoms with Crippen molar-refractivity contribution in [2.45, 2.75) is 25.2 Å². The minimum atomic E-state index is -0.155. The molecule has 1 atom stereocenters.